The highest BCUT2D eigenvalue weighted by molar-refractivity contribution is 5.89. The average Bonchev–Trinajstić information content (AvgIpc) is 2.81. The first-order valence-electron chi connectivity index (χ1n) is 6.84. The lowest BCUT2D eigenvalue weighted by Gasteiger charge is -2.12. The third-order valence-corrected chi connectivity index (χ3v) is 3.51. The predicted octanol–water partition coefficient (Wildman–Crippen LogP) is 2.08. The molecule has 1 saturated heterocycles. The van der Waals surface area contributed by atoms with E-state index in [9.17, 15) is 4.79 Å². The Morgan fingerprint density at radius 3 is 2.89 bits per heavy atom. The summed E-state index contributed by atoms with van der Waals surface area (Å²) in [6, 6.07) is 7.16. The monoisotopic (exact) mass is 263 g/mol. The highest BCUT2D eigenvalue weighted by Crippen LogP contribution is 2.18. The van der Waals surface area contributed by atoms with Gasteiger partial charge in [-0.2, -0.15) is 0 Å². The quantitative estimate of drug-likeness (QED) is 0.772. The number of benzene rings is 1. The molecule has 2 N–H and O–H groups in total. The molecule has 1 aliphatic rings. The summed E-state index contributed by atoms with van der Waals surface area (Å²) < 4.78 is 5.72. The van der Waals surface area contributed by atoms with Crippen LogP contribution < -0.4 is 5.32 Å². The van der Waals surface area contributed by atoms with Crippen LogP contribution in [0, 0.1) is 0 Å². The third-order valence-electron chi connectivity index (χ3n) is 3.51. The number of nitrogens with one attached hydrogen (secondary N) is 1. The topological polar surface area (TPSA) is 58.6 Å². The Balaban J connectivity index is 1.75. The second kappa shape index (κ2) is 6.68. The van der Waals surface area contributed by atoms with Crippen molar-refractivity contribution in [3.05, 3.63) is 35.4 Å². The molecule has 19 heavy (non-hydrogen) atoms. The fourth-order valence-electron chi connectivity index (χ4n) is 2.47. The van der Waals surface area contributed by atoms with Crippen molar-refractivity contribution in [3.63, 3.8) is 0 Å². The molecule has 4 nitrogen and oxygen atoms in total. The zero-order valence-corrected chi connectivity index (χ0v) is 11.3. The molecule has 1 aliphatic heterocycles. The van der Waals surface area contributed by atoms with E-state index in [-0.39, 0.29) is 0 Å². The van der Waals surface area contributed by atoms with E-state index < -0.39 is 5.97 Å². The van der Waals surface area contributed by atoms with Gasteiger partial charge >= 0.3 is 5.97 Å². The van der Waals surface area contributed by atoms with E-state index in [0.717, 1.165) is 37.9 Å². The Morgan fingerprint density at radius 2 is 2.21 bits per heavy atom. The van der Waals surface area contributed by atoms with Gasteiger partial charge in [0.2, 0.25) is 0 Å². The molecule has 4 heteroatoms. The van der Waals surface area contributed by atoms with Crippen LogP contribution >= 0.6 is 0 Å². The Labute approximate surface area is 113 Å². The van der Waals surface area contributed by atoms with Gasteiger partial charge in [-0.25, -0.2) is 4.79 Å². The summed E-state index contributed by atoms with van der Waals surface area (Å²) in [5.41, 5.74) is 1.28. The van der Waals surface area contributed by atoms with Crippen molar-refractivity contribution < 1.29 is 14.6 Å². The average molecular weight is 263 g/mol. The number of hydrogen-bond acceptors (Lipinski definition) is 3. The van der Waals surface area contributed by atoms with E-state index in [0.29, 0.717) is 17.8 Å². The minimum atomic E-state index is -0.858. The number of carboxylic acid groups (broad SMARTS) is 1. The third kappa shape index (κ3) is 4.04. The molecule has 0 saturated carbocycles. The first-order chi connectivity index (χ1) is 9.16. The fraction of sp³-hybridized carbons (Fsp3) is 0.533. The number of aromatic carboxylic acids is 1. The highest BCUT2D eigenvalue weighted by Gasteiger charge is 2.20. The van der Waals surface area contributed by atoms with E-state index in [2.05, 4.69) is 12.2 Å². The van der Waals surface area contributed by atoms with Gasteiger partial charge < -0.3 is 15.2 Å². The summed E-state index contributed by atoms with van der Waals surface area (Å²) in [6.07, 6.45) is 3.66. The minimum absolute atomic E-state index is 0.310. The van der Waals surface area contributed by atoms with E-state index >= 15 is 0 Å². The summed E-state index contributed by atoms with van der Waals surface area (Å²) in [5, 5.41) is 12.4. The maximum absolute atomic E-state index is 11.1. The van der Waals surface area contributed by atoms with Gasteiger partial charge in [0.25, 0.3) is 0 Å². The largest absolute Gasteiger partial charge is 0.478 e. The van der Waals surface area contributed by atoms with E-state index in [1.165, 1.54) is 0 Å². The summed E-state index contributed by atoms with van der Waals surface area (Å²) in [5.74, 6) is -0.858. The molecular weight excluding hydrogens is 242 g/mol. The Kier molecular flexibility index (Phi) is 4.93. The van der Waals surface area contributed by atoms with Crippen LogP contribution in [0.3, 0.4) is 0 Å². The lowest BCUT2D eigenvalue weighted by atomic mass is 10.0. The molecule has 0 spiro atoms. The molecule has 2 rings (SSSR count). The SMILES string of the molecule is CC1CCC(CNCCc2ccccc2C(=O)O)O1. The molecule has 0 aliphatic carbocycles. The molecule has 1 aromatic rings. The zero-order valence-electron chi connectivity index (χ0n) is 11.3. The zero-order chi connectivity index (χ0) is 13.7. The number of hydrogen-bond donors (Lipinski definition) is 2. The van der Waals surface area contributed by atoms with Crippen molar-refractivity contribution in [2.45, 2.75) is 38.4 Å². The van der Waals surface area contributed by atoms with Crippen LogP contribution in [0.4, 0.5) is 0 Å². The van der Waals surface area contributed by atoms with Crippen molar-refractivity contribution in [1.29, 1.82) is 0 Å². The van der Waals surface area contributed by atoms with Crippen LogP contribution in [0.15, 0.2) is 24.3 Å². The van der Waals surface area contributed by atoms with Crippen molar-refractivity contribution in [2.24, 2.45) is 0 Å². The minimum Gasteiger partial charge on any atom is -0.478 e. The second-order valence-electron chi connectivity index (χ2n) is 5.06. The van der Waals surface area contributed by atoms with Crippen LogP contribution in [0.5, 0.6) is 0 Å². The first-order valence-corrected chi connectivity index (χ1v) is 6.84. The molecule has 2 atom stereocenters. The maximum atomic E-state index is 11.1. The van der Waals surface area contributed by atoms with Crippen molar-refractivity contribution in [3.8, 4) is 0 Å². The maximum Gasteiger partial charge on any atom is 0.335 e. The normalized spacial score (nSPS) is 22.6. The molecular formula is C15H21NO3. The van der Waals surface area contributed by atoms with E-state index in [4.69, 9.17) is 9.84 Å². The summed E-state index contributed by atoms with van der Waals surface area (Å²) in [6.45, 7) is 3.72. The second-order valence-corrected chi connectivity index (χ2v) is 5.06. The molecule has 1 aromatic carbocycles. The van der Waals surface area contributed by atoms with Crippen molar-refractivity contribution in [1.82, 2.24) is 5.32 Å². The van der Waals surface area contributed by atoms with E-state index in [1.807, 2.05) is 12.1 Å². The van der Waals surface area contributed by atoms with Crippen LogP contribution in [0.1, 0.15) is 35.7 Å². The van der Waals surface area contributed by atoms with Crippen LogP contribution in [0.25, 0.3) is 0 Å². The van der Waals surface area contributed by atoms with Gasteiger partial charge in [0, 0.05) is 6.54 Å². The number of carboxylic acids is 1. The van der Waals surface area contributed by atoms with Crippen molar-refractivity contribution >= 4 is 5.97 Å². The Bertz CT molecular complexity index is 433. The summed E-state index contributed by atoms with van der Waals surface area (Å²) in [7, 11) is 0. The van der Waals surface area contributed by atoms with Gasteiger partial charge in [-0.3, -0.25) is 0 Å². The molecule has 0 bridgehead atoms. The van der Waals surface area contributed by atoms with Crippen LogP contribution in [0.2, 0.25) is 0 Å². The van der Waals surface area contributed by atoms with Gasteiger partial charge in [0.15, 0.2) is 0 Å². The Morgan fingerprint density at radius 1 is 1.42 bits per heavy atom. The lowest BCUT2D eigenvalue weighted by molar-refractivity contribution is 0.0562. The molecule has 1 fully saturated rings. The summed E-state index contributed by atoms with van der Waals surface area (Å²) >= 11 is 0. The fourth-order valence-corrected chi connectivity index (χ4v) is 2.47. The van der Waals surface area contributed by atoms with Gasteiger partial charge in [-0.15, -0.1) is 0 Å². The number of ether oxygens (including phenoxy) is 1. The van der Waals surface area contributed by atoms with Gasteiger partial charge in [-0.05, 0) is 44.4 Å². The van der Waals surface area contributed by atoms with Crippen LogP contribution in [-0.4, -0.2) is 36.4 Å². The smallest absolute Gasteiger partial charge is 0.335 e. The molecule has 0 amide bonds. The summed E-state index contributed by atoms with van der Waals surface area (Å²) in [4.78, 5) is 11.1. The molecule has 0 aromatic heterocycles. The number of rotatable bonds is 6. The molecule has 1 heterocycles. The van der Waals surface area contributed by atoms with Gasteiger partial charge in [0.1, 0.15) is 0 Å². The Hall–Kier alpha value is -1.39. The van der Waals surface area contributed by atoms with Crippen molar-refractivity contribution in [2.75, 3.05) is 13.1 Å². The molecule has 0 radical (unpaired) electrons. The van der Waals surface area contributed by atoms with Crippen LogP contribution in [-0.2, 0) is 11.2 Å². The van der Waals surface area contributed by atoms with Gasteiger partial charge in [-0.1, -0.05) is 18.2 Å². The lowest BCUT2D eigenvalue weighted by Crippen LogP contribution is -2.28. The van der Waals surface area contributed by atoms with E-state index in [1.54, 1.807) is 12.1 Å². The highest BCUT2D eigenvalue weighted by atomic mass is 16.5. The molecule has 104 valence electrons. The van der Waals surface area contributed by atoms with Gasteiger partial charge in [0.05, 0.1) is 17.8 Å². The standard InChI is InChI=1S/C15H21NO3/c1-11-6-7-13(19-11)10-16-9-8-12-4-2-3-5-14(12)15(17)18/h2-5,11,13,16H,6-10H2,1H3,(H,17,18). The first kappa shape index (κ1) is 14.0. The predicted molar refractivity (Wildman–Crippen MR) is 73.5 cm³/mol. The number of carbonyl (C=O) groups is 1. The molecule has 2 unspecified atom stereocenters.